The molecule has 5 aromatic rings. The molecule has 1 atom stereocenters. The summed E-state index contributed by atoms with van der Waals surface area (Å²) in [6.45, 7) is 1.84. The lowest BCUT2D eigenvalue weighted by Gasteiger charge is -2.28. The van der Waals surface area contributed by atoms with Crippen molar-refractivity contribution in [2.24, 2.45) is 5.73 Å². The summed E-state index contributed by atoms with van der Waals surface area (Å²) in [5.41, 5.74) is 9.91. The number of hydrogen-bond donors (Lipinski definition) is 3. The van der Waals surface area contributed by atoms with Crippen molar-refractivity contribution in [2.45, 2.75) is 38.5 Å². The molecule has 7 nitrogen and oxygen atoms in total. The predicted octanol–water partition coefficient (Wildman–Crippen LogP) is 7.77. The highest BCUT2D eigenvalue weighted by Gasteiger charge is 2.24. The van der Waals surface area contributed by atoms with E-state index in [0.717, 1.165) is 46.1 Å². The van der Waals surface area contributed by atoms with Gasteiger partial charge in [-0.2, -0.15) is 0 Å². The number of rotatable bonds is 16. The van der Waals surface area contributed by atoms with Crippen LogP contribution in [0.15, 0.2) is 127 Å². The number of fused-ring (bicyclic) bond motifs is 1. The molecule has 0 aliphatic heterocycles. The van der Waals surface area contributed by atoms with E-state index < -0.39 is 12.0 Å². The number of nitrogens with zero attached hydrogens (tertiary/aromatic N) is 1. The van der Waals surface area contributed by atoms with E-state index in [2.05, 4.69) is 5.32 Å². The zero-order chi connectivity index (χ0) is 32.8. The molecule has 5 rings (SSSR count). The largest absolute Gasteiger partial charge is 0.489 e. The van der Waals surface area contributed by atoms with Crippen LogP contribution in [-0.2, 0) is 17.9 Å². The molecule has 0 saturated heterocycles. The Hall–Kier alpha value is -5.24. The second-order valence-electron chi connectivity index (χ2n) is 11.5. The molecule has 0 bridgehead atoms. The van der Waals surface area contributed by atoms with Gasteiger partial charge in [-0.1, -0.05) is 104 Å². The van der Waals surface area contributed by atoms with Crippen LogP contribution in [0.3, 0.4) is 0 Å². The maximum Gasteiger partial charge on any atom is 0.320 e. The highest BCUT2D eigenvalue weighted by molar-refractivity contribution is 6.06. The van der Waals surface area contributed by atoms with E-state index in [1.807, 2.05) is 138 Å². The van der Waals surface area contributed by atoms with E-state index in [1.165, 1.54) is 0 Å². The Labute approximate surface area is 276 Å². The summed E-state index contributed by atoms with van der Waals surface area (Å²) in [5.74, 6) is -0.301. The third kappa shape index (κ3) is 9.87. The molecule has 0 unspecified atom stereocenters. The van der Waals surface area contributed by atoms with Crippen molar-refractivity contribution >= 4 is 34.4 Å². The fraction of sp³-hybridized carbons (Fsp3) is 0.200. The van der Waals surface area contributed by atoms with Crippen molar-refractivity contribution in [1.82, 2.24) is 4.90 Å². The molecular weight excluding hydrogens is 586 g/mol. The average Bonchev–Trinajstić information content (AvgIpc) is 3.09. The first-order valence-electron chi connectivity index (χ1n) is 16.0. The number of hydrogen-bond acceptors (Lipinski definition) is 5. The van der Waals surface area contributed by atoms with E-state index in [0.29, 0.717) is 43.9 Å². The van der Waals surface area contributed by atoms with E-state index in [4.69, 9.17) is 10.5 Å². The molecule has 0 spiro atoms. The number of nitrogens with one attached hydrogen (secondary N) is 1. The molecule has 1 amide bonds. The molecule has 7 heteroatoms. The minimum Gasteiger partial charge on any atom is -0.489 e. The van der Waals surface area contributed by atoms with Crippen LogP contribution in [-0.4, -0.2) is 41.0 Å². The van der Waals surface area contributed by atoms with Crippen LogP contribution < -0.4 is 15.8 Å². The van der Waals surface area contributed by atoms with Gasteiger partial charge in [0.1, 0.15) is 18.4 Å². The first-order chi connectivity index (χ1) is 23.0. The van der Waals surface area contributed by atoms with Gasteiger partial charge < -0.3 is 20.9 Å². The number of aliphatic carboxylic acids is 1. The Morgan fingerprint density at radius 2 is 1.57 bits per heavy atom. The second-order valence-corrected chi connectivity index (χ2v) is 11.5. The minimum absolute atomic E-state index is 0.181. The number of carboxylic acids is 1. The van der Waals surface area contributed by atoms with E-state index in [-0.39, 0.29) is 5.91 Å². The SMILES string of the molecule is NCCCC[C@@H](C(=O)O)N(C/C=C/c1cccc(NC(=O)c2ccc3ccccc3c2)c1)Cc1cccc(OCc2ccccc2)c1. The van der Waals surface area contributed by atoms with Crippen LogP contribution in [0.5, 0.6) is 5.75 Å². The zero-order valence-corrected chi connectivity index (χ0v) is 26.4. The smallest absolute Gasteiger partial charge is 0.320 e. The summed E-state index contributed by atoms with van der Waals surface area (Å²) < 4.78 is 6.03. The van der Waals surface area contributed by atoms with Crippen LogP contribution in [0.1, 0.15) is 46.3 Å². The first kappa shape index (κ1) is 33.1. The average molecular weight is 628 g/mol. The maximum atomic E-state index is 13.0. The van der Waals surface area contributed by atoms with Crippen molar-refractivity contribution in [3.8, 4) is 5.75 Å². The van der Waals surface area contributed by atoms with Crippen molar-refractivity contribution < 1.29 is 19.4 Å². The van der Waals surface area contributed by atoms with E-state index >= 15 is 0 Å². The summed E-state index contributed by atoms with van der Waals surface area (Å²) >= 11 is 0. The number of unbranched alkanes of at least 4 members (excludes halogenated alkanes) is 1. The molecule has 0 aliphatic rings. The summed E-state index contributed by atoms with van der Waals surface area (Å²) in [6.07, 6.45) is 5.93. The van der Waals surface area contributed by atoms with E-state index in [9.17, 15) is 14.7 Å². The third-order valence-electron chi connectivity index (χ3n) is 8.00. The number of amides is 1. The Morgan fingerprint density at radius 1 is 0.809 bits per heavy atom. The Morgan fingerprint density at radius 3 is 2.38 bits per heavy atom. The molecular formula is C40H41N3O4. The first-order valence-corrected chi connectivity index (χ1v) is 16.0. The summed E-state index contributed by atoms with van der Waals surface area (Å²) in [4.78, 5) is 27.5. The van der Waals surface area contributed by atoms with Gasteiger partial charge in [-0.25, -0.2) is 0 Å². The molecule has 240 valence electrons. The highest BCUT2D eigenvalue weighted by atomic mass is 16.5. The van der Waals surface area contributed by atoms with Crippen LogP contribution in [0, 0.1) is 0 Å². The number of ether oxygens (including phenoxy) is 1. The lowest BCUT2D eigenvalue weighted by molar-refractivity contribution is -0.143. The van der Waals surface area contributed by atoms with Crippen LogP contribution >= 0.6 is 0 Å². The van der Waals surface area contributed by atoms with Gasteiger partial charge in [0, 0.05) is 24.3 Å². The van der Waals surface area contributed by atoms with Crippen LogP contribution in [0.25, 0.3) is 16.8 Å². The Bertz CT molecular complexity index is 1800. The van der Waals surface area contributed by atoms with Crippen molar-refractivity contribution in [1.29, 1.82) is 0 Å². The van der Waals surface area contributed by atoms with Crippen LogP contribution in [0.4, 0.5) is 5.69 Å². The Balaban J connectivity index is 1.27. The second kappa shape index (κ2) is 16.9. The van der Waals surface area contributed by atoms with Gasteiger partial charge in [0.25, 0.3) is 5.91 Å². The third-order valence-corrected chi connectivity index (χ3v) is 8.00. The van der Waals surface area contributed by atoms with Crippen LogP contribution in [0.2, 0.25) is 0 Å². The molecule has 4 N–H and O–H groups in total. The molecule has 0 radical (unpaired) electrons. The molecule has 0 fully saturated rings. The molecule has 0 heterocycles. The number of nitrogens with two attached hydrogens (primary N) is 1. The lowest BCUT2D eigenvalue weighted by atomic mass is 10.1. The van der Waals surface area contributed by atoms with Crippen molar-refractivity contribution in [3.63, 3.8) is 0 Å². The number of benzene rings is 5. The molecule has 0 saturated carbocycles. The monoisotopic (exact) mass is 627 g/mol. The highest BCUT2D eigenvalue weighted by Crippen LogP contribution is 2.21. The zero-order valence-electron chi connectivity index (χ0n) is 26.4. The molecule has 0 aliphatic carbocycles. The topological polar surface area (TPSA) is 105 Å². The Kier molecular flexibility index (Phi) is 11.9. The predicted molar refractivity (Wildman–Crippen MR) is 189 cm³/mol. The number of carbonyl (C=O) groups is 2. The van der Waals surface area contributed by atoms with Gasteiger partial charge >= 0.3 is 5.97 Å². The van der Waals surface area contributed by atoms with Gasteiger partial charge in [-0.05, 0) is 83.2 Å². The van der Waals surface area contributed by atoms with E-state index in [1.54, 1.807) is 0 Å². The minimum atomic E-state index is -0.856. The van der Waals surface area contributed by atoms with Gasteiger partial charge in [0.15, 0.2) is 0 Å². The number of carboxylic acid groups (broad SMARTS) is 1. The van der Waals surface area contributed by atoms with Gasteiger partial charge in [-0.15, -0.1) is 0 Å². The summed E-state index contributed by atoms with van der Waals surface area (Å²) in [5, 5.41) is 15.3. The summed E-state index contributed by atoms with van der Waals surface area (Å²) in [7, 11) is 0. The number of anilines is 1. The standard InChI is InChI=1S/C40H41N3O4/c41-23-7-6-20-38(40(45)46)43(28-32-14-9-19-37(26-32)47-29-31-11-2-1-3-12-31)24-10-15-30-13-8-18-36(25-30)42-39(44)35-22-21-33-16-4-5-17-34(33)27-35/h1-5,8-19,21-22,25-27,38H,6-7,20,23-24,28-29,41H2,(H,42,44)(H,45,46)/b15-10+/t38-/m0/s1. The van der Waals surface area contributed by atoms with Gasteiger partial charge in [0.2, 0.25) is 0 Å². The molecule has 47 heavy (non-hydrogen) atoms. The maximum absolute atomic E-state index is 13.0. The molecule has 5 aromatic carbocycles. The number of carbonyl (C=O) groups excluding carboxylic acids is 1. The van der Waals surface area contributed by atoms with Crippen molar-refractivity contribution in [2.75, 3.05) is 18.4 Å². The van der Waals surface area contributed by atoms with Gasteiger partial charge in [0.05, 0.1) is 0 Å². The quantitative estimate of drug-likeness (QED) is 0.0966. The van der Waals surface area contributed by atoms with Gasteiger partial charge in [-0.3, -0.25) is 14.5 Å². The summed E-state index contributed by atoms with van der Waals surface area (Å²) in [6, 6.07) is 38.3. The fourth-order valence-electron chi connectivity index (χ4n) is 5.53. The fourth-order valence-corrected chi connectivity index (χ4v) is 5.53. The molecule has 0 aromatic heterocycles. The van der Waals surface area contributed by atoms with Crippen molar-refractivity contribution in [3.05, 3.63) is 150 Å². The lowest BCUT2D eigenvalue weighted by Crippen LogP contribution is -2.41. The normalized spacial score (nSPS) is 12.0.